The molecular formula is C12H18Br2N2O3S. The Morgan fingerprint density at radius 3 is 2.40 bits per heavy atom. The Labute approximate surface area is 136 Å². The van der Waals surface area contributed by atoms with Crippen LogP contribution in [-0.2, 0) is 10.0 Å². The smallest absolute Gasteiger partial charge is 0.244 e. The molecule has 0 bridgehead atoms. The Morgan fingerprint density at radius 1 is 1.35 bits per heavy atom. The molecule has 0 heterocycles. The normalized spacial score (nSPS) is 13.7. The minimum Gasteiger partial charge on any atom is -0.398 e. The van der Waals surface area contributed by atoms with E-state index in [1.54, 1.807) is 6.07 Å². The molecule has 8 heteroatoms. The molecule has 1 unspecified atom stereocenters. The minimum atomic E-state index is -3.76. The van der Waals surface area contributed by atoms with Crippen molar-refractivity contribution in [2.75, 3.05) is 12.3 Å². The first kappa shape index (κ1) is 17.9. The maximum absolute atomic E-state index is 12.5. The zero-order valence-corrected chi connectivity index (χ0v) is 15.2. The van der Waals surface area contributed by atoms with E-state index >= 15 is 0 Å². The van der Waals surface area contributed by atoms with Crippen LogP contribution < -0.4 is 10.5 Å². The van der Waals surface area contributed by atoms with Crippen molar-refractivity contribution in [3.05, 3.63) is 21.1 Å². The molecular weight excluding hydrogens is 412 g/mol. The van der Waals surface area contributed by atoms with Gasteiger partial charge in [0.25, 0.3) is 0 Å². The molecule has 1 rings (SSSR count). The maximum atomic E-state index is 12.5. The Morgan fingerprint density at radius 2 is 1.95 bits per heavy atom. The molecule has 1 aromatic rings. The summed E-state index contributed by atoms with van der Waals surface area (Å²) in [5, 5.41) is 9.02. The maximum Gasteiger partial charge on any atom is 0.244 e. The fourth-order valence-corrected chi connectivity index (χ4v) is 5.28. The van der Waals surface area contributed by atoms with Gasteiger partial charge in [0.1, 0.15) is 4.90 Å². The third-order valence-corrected chi connectivity index (χ3v) is 5.81. The van der Waals surface area contributed by atoms with E-state index in [0.29, 0.717) is 15.4 Å². The van der Waals surface area contributed by atoms with Crippen LogP contribution in [0.2, 0.25) is 0 Å². The van der Waals surface area contributed by atoms with Crippen LogP contribution in [0.25, 0.3) is 0 Å². The highest BCUT2D eigenvalue weighted by Crippen LogP contribution is 2.32. The number of nitrogens with one attached hydrogen (secondary N) is 1. The summed E-state index contributed by atoms with van der Waals surface area (Å²) in [6.07, 6.45) is 0.352. The predicted molar refractivity (Wildman–Crippen MR) is 86.9 cm³/mol. The van der Waals surface area contributed by atoms with E-state index in [9.17, 15) is 8.42 Å². The second-order valence-electron chi connectivity index (χ2n) is 4.79. The van der Waals surface area contributed by atoms with Gasteiger partial charge < -0.3 is 10.8 Å². The number of rotatable bonds is 6. The quantitative estimate of drug-likeness (QED) is 0.605. The molecule has 0 amide bonds. The number of anilines is 1. The highest BCUT2D eigenvalue weighted by Gasteiger charge is 2.26. The summed E-state index contributed by atoms with van der Waals surface area (Å²) in [5.41, 5.74) is 5.96. The average Bonchev–Trinajstić information content (AvgIpc) is 2.25. The first-order valence-electron chi connectivity index (χ1n) is 6.06. The zero-order valence-electron chi connectivity index (χ0n) is 11.2. The summed E-state index contributed by atoms with van der Waals surface area (Å²) in [5.74, 6) is 0.0624. The monoisotopic (exact) mass is 428 g/mol. The van der Waals surface area contributed by atoms with E-state index in [4.69, 9.17) is 10.8 Å². The van der Waals surface area contributed by atoms with Gasteiger partial charge in [0.05, 0.1) is 5.69 Å². The van der Waals surface area contributed by atoms with Gasteiger partial charge >= 0.3 is 0 Å². The molecule has 1 atom stereocenters. The first-order valence-corrected chi connectivity index (χ1v) is 9.13. The molecule has 0 aliphatic carbocycles. The van der Waals surface area contributed by atoms with Crippen molar-refractivity contribution in [2.45, 2.75) is 31.2 Å². The molecule has 4 N–H and O–H groups in total. The predicted octanol–water partition coefficient (Wildman–Crippen LogP) is 2.48. The number of hydrogen-bond donors (Lipinski definition) is 3. The number of nitrogens with two attached hydrogens (primary N) is 1. The molecule has 0 aliphatic heterocycles. The van der Waals surface area contributed by atoms with E-state index < -0.39 is 10.0 Å². The molecule has 0 radical (unpaired) electrons. The third-order valence-electron chi connectivity index (χ3n) is 2.86. The van der Waals surface area contributed by atoms with Crippen LogP contribution in [0.5, 0.6) is 0 Å². The summed E-state index contributed by atoms with van der Waals surface area (Å²) in [4.78, 5) is 0.0179. The molecule has 20 heavy (non-hydrogen) atoms. The van der Waals surface area contributed by atoms with Crippen LogP contribution in [0.3, 0.4) is 0 Å². The lowest BCUT2D eigenvalue weighted by molar-refractivity contribution is 0.256. The topological polar surface area (TPSA) is 92.4 Å². The molecule has 1 aromatic carbocycles. The molecule has 0 fully saturated rings. The Hall–Kier alpha value is -0.150. The van der Waals surface area contributed by atoms with Crippen molar-refractivity contribution in [3.8, 4) is 0 Å². The average molecular weight is 430 g/mol. The van der Waals surface area contributed by atoms with Crippen molar-refractivity contribution < 1.29 is 13.5 Å². The summed E-state index contributed by atoms with van der Waals surface area (Å²) in [7, 11) is -3.76. The zero-order chi connectivity index (χ0) is 15.5. The summed E-state index contributed by atoms with van der Waals surface area (Å²) in [6.45, 7) is 3.70. The van der Waals surface area contributed by atoms with Crippen LogP contribution in [0.1, 0.15) is 20.3 Å². The third kappa shape index (κ3) is 4.42. The van der Waals surface area contributed by atoms with Crippen LogP contribution in [0, 0.1) is 5.92 Å². The number of sulfonamides is 1. The largest absolute Gasteiger partial charge is 0.398 e. The van der Waals surface area contributed by atoms with Crippen LogP contribution >= 0.6 is 31.9 Å². The highest BCUT2D eigenvalue weighted by molar-refractivity contribution is 9.11. The standard InChI is InChI=1S/C12H18Br2N2O3S/c1-7(2)11(3-4-17)16-20(18,19)12-9(14)5-8(13)6-10(12)15/h5-7,11,16-17H,3-4,15H2,1-2H3. The van der Waals surface area contributed by atoms with Crippen molar-refractivity contribution >= 4 is 47.6 Å². The second-order valence-corrected chi connectivity index (χ2v) is 8.21. The van der Waals surface area contributed by atoms with Gasteiger partial charge in [-0.2, -0.15) is 0 Å². The Bertz CT molecular complexity index is 553. The van der Waals surface area contributed by atoms with Crippen molar-refractivity contribution in [3.63, 3.8) is 0 Å². The van der Waals surface area contributed by atoms with Crippen molar-refractivity contribution in [1.29, 1.82) is 0 Å². The highest BCUT2D eigenvalue weighted by atomic mass is 79.9. The van der Waals surface area contributed by atoms with E-state index in [-0.39, 0.29) is 29.1 Å². The number of hydrogen-bond acceptors (Lipinski definition) is 4. The Kier molecular flexibility index (Phi) is 6.46. The van der Waals surface area contributed by atoms with Gasteiger partial charge in [0, 0.05) is 21.6 Å². The van der Waals surface area contributed by atoms with Gasteiger partial charge in [0.2, 0.25) is 10.0 Å². The number of benzene rings is 1. The molecule has 0 saturated carbocycles. The Balaban J connectivity index is 3.17. The molecule has 0 aromatic heterocycles. The van der Waals surface area contributed by atoms with Crippen LogP contribution in [0.15, 0.2) is 26.0 Å². The van der Waals surface area contributed by atoms with E-state index in [2.05, 4.69) is 36.6 Å². The summed E-state index contributed by atoms with van der Waals surface area (Å²) in [6, 6.07) is 2.82. The molecule has 114 valence electrons. The lowest BCUT2D eigenvalue weighted by Crippen LogP contribution is -2.39. The number of aliphatic hydroxyl groups is 1. The van der Waals surface area contributed by atoms with E-state index in [1.807, 2.05) is 13.8 Å². The minimum absolute atomic E-state index is 0.0179. The summed E-state index contributed by atoms with van der Waals surface area (Å²) >= 11 is 6.48. The van der Waals surface area contributed by atoms with E-state index in [1.165, 1.54) is 6.07 Å². The molecule has 5 nitrogen and oxygen atoms in total. The van der Waals surface area contributed by atoms with Crippen LogP contribution in [0.4, 0.5) is 5.69 Å². The number of halogens is 2. The van der Waals surface area contributed by atoms with Gasteiger partial charge in [0.15, 0.2) is 0 Å². The molecule has 0 aliphatic rings. The molecule has 0 spiro atoms. The van der Waals surface area contributed by atoms with E-state index in [0.717, 1.165) is 0 Å². The van der Waals surface area contributed by atoms with Gasteiger partial charge in [-0.05, 0) is 40.4 Å². The second kappa shape index (κ2) is 7.22. The number of nitrogen functional groups attached to an aromatic ring is 1. The van der Waals surface area contributed by atoms with Gasteiger partial charge in [-0.3, -0.25) is 0 Å². The lowest BCUT2D eigenvalue weighted by Gasteiger charge is -2.22. The van der Waals surface area contributed by atoms with Crippen molar-refractivity contribution in [2.24, 2.45) is 5.92 Å². The van der Waals surface area contributed by atoms with Crippen LogP contribution in [-0.4, -0.2) is 26.2 Å². The van der Waals surface area contributed by atoms with Gasteiger partial charge in [-0.25, -0.2) is 13.1 Å². The fraction of sp³-hybridized carbons (Fsp3) is 0.500. The van der Waals surface area contributed by atoms with Gasteiger partial charge in [-0.15, -0.1) is 0 Å². The number of aliphatic hydroxyl groups excluding tert-OH is 1. The van der Waals surface area contributed by atoms with Crippen molar-refractivity contribution in [1.82, 2.24) is 4.72 Å². The SMILES string of the molecule is CC(C)C(CCO)NS(=O)(=O)c1c(N)cc(Br)cc1Br. The first-order chi connectivity index (χ1) is 9.19. The fourth-order valence-electron chi connectivity index (χ4n) is 1.79. The van der Waals surface area contributed by atoms with Gasteiger partial charge in [-0.1, -0.05) is 29.8 Å². The lowest BCUT2D eigenvalue weighted by atomic mass is 10.0. The summed E-state index contributed by atoms with van der Waals surface area (Å²) < 4.78 is 28.6. The molecule has 0 saturated heterocycles.